The summed E-state index contributed by atoms with van der Waals surface area (Å²) >= 11 is 1.49. The van der Waals surface area contributed by atoms with Crippen LogP contribution in [-0.2, 0) is 0 Å². The number of phenols is 1. The number of hydrogen-bond donors (Lipinski definition) is 1. The van der Waals surface area contributed by atoms with Crippen molar-refractivity contribution in [3.05, 3.63) is 57.9 Å². The summed E-state index contributed by atoms with van der Waals surface area (Å²) < 4.78 is 7.14. The third-order valence-corrected chi connectivity index (χ3v) is 5.39. The summed E-state index contributed by atoms with van der Waals surface area (Å²) in [5, 5.41) is 11.1. The van der Waals surface area contributed by atoms with Gasteiger partial charge in [0.1, 0.15) is 22.1 Å². The van der Waals surface area contributed by atoms with Crippen LogP contribution in [0.1, 0.15) is 31.1 Å². The van der Waals surface area contributed by atoms with Gasteiger partial charge in [0.05, 0.1) is 21.2 Å². The normalized spacial score (nSPS) is 11.7. The van der Waals surface area contributed by atoms with Crippen LogP contribution in [0.4, 0.5) is 0 Å². The van der Waals surface area contributed by atoms with Crippen molar-refractivity contribution in [1.82, 2.24) is 4.98 Å². The molecular formula is C20H17NO3S. The van der Waals surface area contributed by atoms with E-state index in [-0.39, 0.29) is 17.1 Å². The van der Waals surface area contributed by atoms with Crippen molar-refractivity contribution in [2.45, 2.75) is 26.7 Å². The number of thiazole rings is 1. The van der Waals surface area contributed by atoms with E-state index in [1.165, 1.54) is 17.4 Å². The fourth-order valence-corrected chi connectivity index (χ4v) is 4.00. The summed E-state index contributed by atoms with van der Waals surface area (Å²) in [7, 11) is 0. The summed E-state index contributed by atoms with van der Waals surface area (Å²) in [4.78, 5) is 17.9. The van der Waals surface area contributed by atoms with Crippen LogP contribution in [0.3, 0.4) is 0 Å². The van der Waals surface area contributed by atoms with E-state index in [1.807, 2.05) is 38.1 Å². The van der Waals surface area contributed by atoms with Crippen molar-refractivity contribution >= 4 is 32.5 Å². The lowest BCUT2D eigenvalue weighted by atomic mass is 10.0. The number of fused-ring (bicyclic) bond motifs is 2. The molecule has 0 saturated carbocycles. The molecule has 0 unspecified atom stereocenters. The molecule has 0 amide bonds. The number of phenolic OH excluding ortho intramolecular Hbond substituents is 1. The quantitative estimate of drug-likeness (QED) is 0.539. The van der Waals surface area contributed by atoms with Crippen LogP contribution in [0.25, 0.3) is 31.8 Å². The number of hydrogen-bond acceptors (Lipinski definition) is 5. The molecule has 0 bridgehead atoms. The van der Waals surface area contributed by atoms with E-state index in [0.717, 1.165) is 10.2 Å². The van der Waals surface area contributed by atoms with Crippen LogP contribution in [0.5, 0.6) is 5.75 Å². The Bertz CT molecular complexity index is 1140. The first-order valence-electron chi connectivity index (χ1n) is 8.12. The Labute approximate surface area is 148 Å². The van der Waals surface area contributed by atoms with Crippen molar-refractivity contribution < 1.29 is 9.52 Å². The van der Waals surface area contributed by atoms with Crippen LogP contribution >= 0.6 is 11.3 Å². The van der Waals surface area contributed by atoms with E-state index >= 15 is 0 Å². The first-order chi connectivity index (χ1) is 12.0. The lowest BCUT2D eigenvalue weighted by molar-refractivity contribution is 0.465. The van der Waals surface area contributed by atoms with Crippen LogP contribution in [0.15, 0.2) is 45.6 Å². The standard InChI is InChI=1S/C20H17NO3S/c1-10(2)18-16(20-21-13-6-4-5-7-15(13)25-20)17(23)12-8-9-14(22)11(3)19(12)24-18/h4-10,22H,1-3H3. The van der Waals surface area contributed by atoms with Gasteiger partial charge in [-0.05, 0) is 31.2 Å². The second-order valence-corrected chi connectivity index (χ2v) is 7.43. The van der Waals surface area contributed by atoms with E-state index in [9.17, 15) is 9.90 Å². The van der Waals surface area contributed by atoms with Gasteiger partial charge in [0.25, 0.3) is 0 Å². The molecule has 0 saturated heterocycles. The van der Waals surface area contributed by atoms with Gasteiger partial charge in [-0.25, -0.2) is 4.98 Å². The molecule has 4 nitrogen and oxygen atoms in total. The zero-order valence-corrected chi connectivity index (χ0v) is 15.0. The van der Waals surface area contributed by atoms with Gasteiger partial charge in [0, 0.05) is 11.5 Å². The third kappa shape index (κ3) is 2.43. The average Bonchev–Trinajstić information content (AvgIpc) is 3.01. The molecule has 5 heteroatoms. The Kier molecular flexibility index (Phi) is 3.62. The monoisotopic (exact) mass is 351 g/mol. The van der Waals surface area contributed by atoms with E-state index in [0.29, 0.717) is 32.9 Å². The minimum Gasteiger partial charge on any atom is -0.508 e. The molecule has 2 heterocycles. The highest BCUT2D eigenvalue weighted by Crippen LogP contribution is 2.36. The fraction of sp³-hybridized carbons (Fsp3) is 0.200. The predicted octanol–water partition coefficient (Wildman–Crippen LogP) is 5.21. The Morgan fingerprint density at radius 1 is 1.16 bits per heavy atom. The number of rotatable bonds is 2. The maximum absolute atomic E-state index is 13.2. The summed E-state index contributed by atoms with van der Waals surface area (Å²) in [6.45, 7) is 5.72. The maximum Gasteiger partial charge on any atom is 0.203 e. The minimum atomic E-state index is -0.105. The first-order valence-corrected chi connectivity index (χ1v) is 8.94. The molecule has 2 aromatic heterocycles. The van der Waals surface area contributed by atoms with E-state index in [4.69, 9.17) is 4.42 Å². The molecule has 1 N–H and O–H groups in total. The highest BCUT2D eigenvalue weighted by molar-refractivity contribution is 7.21. The predicted molar refractivity (Wildman–Crippen MR) is 102 cm³/mol. The average molecular weight is 351 g/mol. The molecule has 0 radical (unpaired) electrons. The number of aromatic hydroxyl groups is 1. The topological polar surface area (TPSA) is 63.3 Å². The molecule has 4 rings (SSSR count). The summed E-state index contributed by atoms with van der Waals surface area (Å²) in [5.74, 6) is 0.740. The van der Waals surface area contributed by atoms with Gasteiger partial charge in [-0.15, -0.1) is 11.3 Å². The highest BCUT2D eigenvalue weighted by atomic mass is 32.1. The number of para-hydroxylation sites is 1. The van der Waals surface area contributed by atoms with E-state index in [1.54, 1.807) is 13.0 Å². The van der Waals surface area contributed by atoms with E-state index < -0.39 is 0 Å². The minimum absolute atomic E-state index is 0.0147. The van der Waals surface area contributed by atoms with Crippen LogP contribution in [-0.4, -0.2) is 10.1 Å². The molecule has 4 aromatic rings. The molecule has 0 aliphatic heterocycles. The number of nitrogens with zero attached hydrogens (tertiary/aromatic N) is 1. The molecule has 0 aliphatic carbocycles. The Morgan fingerprint density at radius 2 is 1.92 bits per heavy atom. The summed E-state index contributed by atoms with van der Waals surface area (Å²) in [6, 6.07) is 11.0. The van der Waals surface area contributed by atoms with Crippen molar-refractivity contribution in [3.8, 4) is 16.3 Å². The molecule has 0 aliphatic rings. The maximum atomic E-state index is 13.2. The second-order valence-electron chi connectivity index (χ2n) is 6.40. The van der Waals surface area contributed by atoms with Crippen LogP contribution < -0.4 is 5.43 Å². The van der Waals surface area contributed by atoms with Gasteiger partial charge >= 0.3 is 0 Å². The smallest absolute Gasteiger partial charge is 0.203 e. The van der Waals surface area contributed by atoms with Gasteiger partial charge < -0.3 is 9.52 Å². The van der Waals surface area contributed by atoms with Crippen molar-refractivity contribution in [1.29, 1.82) is 0 Å². The van der Waals surface area contributed by atoms with Crippen molar-refractivity contribution in [2.75, 3.05) is 0 Å². The largest absolute Gasteiger partial charge is 0.508 e. The molecule has 0 atom stereocenters. The Morgan fingerprint density at radius 3 is 2.64 bits per heavy atom. The first kappa shape index (κ1) is 15.8. The Balaban J connectivity index is 2.12. The second kappa shape index (κ2) is 5.70. The van der Waals surface area contributed by atoms with Gasteiger partial charge in [-0.2, -0.15) is 0 Å². The van der Waals surface area contributed by atoms with Gasteiger partial charge in [0.2, 0.25) is 5.43 Å². The van der Waals surface area contributed by atoms with Gasteiger partial charge in [-0.3, -0.25) is 4.79 Å². The van der Waals surface area contributed by atoms with Crippen LogP contribution in [0.2, 0.25) is 0 Å². The number of benzene rings is 2. The Hall–Kier alpha value is -2.66. The van der Waals surface area contributed by atoms with E-state index in [2.05, 4.69) is 4.98 Å². The summed E-state index contributed by atoms with van der Waals surface area (Å²) in [5.41, 5.74) is 2.31. The molecular weight excluding hydrogens is 334 g/mol. The highest BCUT2D eigenvalue weighted by Gasteiger charge is 2.22. The molecule has 2 aromatic carbocycles. The van der Waals surface area contributed by atoms with Crippen molar-refractivity contribution in [3.63, 3.8) is 0 Å². The van der Waals surface area contributed by atoms with Gasteiger partial charge in [-0.1, -0.05) is 26.0 Å². The van der Waals surface area contributed by atoms with Crippen molar-refractivity contribution in [2.24, 2.45) is 0 Å². The number of aryl methyl sites for hydroxylation is 1. The SMILES string of the molecule is Cc1c(O)ccc2c(=O)c(-c3nc4ccccc4s3)c(C(C)C)oc12. The third-order valence-electron chi connectivity index (χ3n) is 4.34. The summed E-state index contributed by atoms with van der Waals surface area (Å²) in [6.07, 6.45) is 0. The van der Waals surface area contributed by atoms with Crippen LogP contribution in [0, 0.1) is 6.92 Å². The zero-order chi connectivity index (χ0) is 17.7. The number of aromatic nitrogens is 1. The molecule has 0 spiro atoms. The van der Waals surface area contributed by atoms with Gasteiger partial charge in [0.15, 0.2) is 0 Å². The molecule has 0 fully saturated rings. The fourth-order valence-electron chi connectivity index (χ4n) is 2.99. The lowest BCUT2D eigenvalue weighted by Gasteiger charge is -2.12. The molecule has 25 heavy (non-hydrogen) atoms. The lowest BCUT2D eigenvalue weighted by Crippen LogP contribution is -2.10. The molecule has 126 valence electrons. The zero-order valence-electron chi connectivity index (χ0n) is 14.2.